The van der Waals surface area contributed by atoms with Crippen LogP contribution < -0.4 is 11.2 Å². The topological polar surface area (TPSA) is 69.5 Å². The maximum atomic E-state index is 13.3. The number of hydrogen-bond acceptors (Lipinski definition) is 4. The summed E-state index contributed by atoms with van der Waals surface area (Å²) >= 11 is 0. The summed E-state index contributed by atoms with van der Waals surface area (Å²) in [7, 11) is 1.71. The van der Waals surface area contributed by atoms with Gasteiger partial charge in [-0.3, -0.25) is 18.3 Å². The van der Waals surface area contributed by atoms with E-state index in [9.17, 15) is 9.59 Å². The number of piperidine rings is 1. The highest BCUT2D eigenvalue weighted by Gasteiger charge is 2.22. The molecule has 0 N–H and O–H groups in total. The standard InChI is InChI=1S/C20H30N6O2/c1-5-9-24-14(2)15(3)26-16-17(21-19(24)26)22(4)20(28)25(18(16)27)13-12-23-10-7-6-8-11-23/h5-13H2,1-4H3. The molecule has 3 aromatic heterocycles. The molecule has 0 spiro atoms. The second kappa shape index (κ2) is 7.24. The molecule has 0 unspecified atom stereocenters. The monoisotopic (exact) mass is 386 g/mol. The molecule has 3 aromatic rings. The Balaban J connectivity index is 1.88. The highest BCUT2D eigenvalue weighted by Crippen LogP contribution is 2.20. The summed E-state index contributed by atoms with van der Waals surface area (Å²) in [4.78, 5) is 33.3. The summed E-state index contributed by atoms with van der Waals surface area (Å²) in [6.45, 7) is 10.3. The molecule has 1 fully saturated rings. The summed E-state index contributed by atoms with van der Waals surface area (Å²) in [5.74, 6) is 0.743. The molecular formula is C20H30N6O2. The lowest BCUT2D eigenvalue weighted by Gasteiger charge is -2.26. The zero-order chi connectivity index (χ0) is 20.0. The van der Waals surface area contributed by atoms with Crippen LogP contribution in [0, 0.1) is 13.8 Å². The number of fused-ring (bicyclic) bond motifs is 3. The molecule has 152 valence electrons. The van der Waals surface area contributed by atoms with Crippen molar-refractivity contribution in [1.82, 2.24) is 28.0 Å². The lowest BCUT2D eigenvalue weighted by molar-refractivity contribution is 0.218. The molecular weight excluding hydrogens is 356 g/mol. The van der Waals surface area contributed by atoms with Gasteiger partial charge in [-0.15, -0.1) is 0 Å². The zero-order valence-corrected chi connectivity index (χ0v) is 17.4. The molecule has 0 aliphatic carbocycles. The van der Waals surface area contributed by atoms with Crippen LogP contribution in [0.25, 0.3) is 16.9 Å². The summed E-state index contributed by atoms with van der Waals surface area (Å²) in [5, 5.41) is 0. The second-order valence-corrected chi connectivity index (χ2v) is 7.94. The maximum absolute atomic E-state index is 13.3. The molecule has 4 rings (SSSR count). The van der Waals surface area contributed by atoms with Crippen molar-refractivity contribution in [3.05, 3.63) is 32.2 Å². The van der Waals surface area contributed by atoms with Crippen molar-refractivity contribution in [2.24, 2.45) is 7.05 Å². The van der Waals surface area contributed by atoms with Crippen LogP contribution >= 0.6 is 0 Å². The molecule has 0 atom stereocenters. The van der Waals surface area contributed by atoms with Crippen molar-refractivity contribution >= 4 is 16.9 Å². The SMILES string of the molecule is CCCn1c(C)c(C)n2c3c(=O)n(CCN4CCCCC4)c(=O)n(C)c3nc12. The zero-order valence-electron chi connectivity index (χ0n) is 17.4. The first-order valence-electron chi connectivity index (χ1n) is 10.4. The van der Waals surface area contributed by atoms with Crippen molar-refractivity contribution in [3.8, 4) is 0 Å². The van der Waals surface area contributed by atoms with Crippen molar-refractivity contribution in [3.63, 3.8) is 0 Å². The van der Waals surface area contributed by atoms with E-state index in [1.165, 1.54) is 28.4 Å². The molecule has 4 heterocycles. The third kappa shape index (κ3) is 2.82. The van der Waals surface area contributed by atoms with E-state index in [1.807, 2.05) is 11.3 Å². The van der Waals surface area contributed by atoms with E-state index in [-0.39, 0.29) is 11.2 Å². The van der Waals surface area contributed by atoms with Gasteiger partial charge in [0.05, 0.1) is 0 Å². The van der Waals surface area contributed by atoms with E-state index >= 15 is 0 Å². The Morgan fingerprint density at radius 2 is 1.64 bits per heavy atom. The van der Waals surface area contributed by atoms with Crippen LogP contribution in [0.4, 0.5) is 0 Å². The number of hydrogen-bond donors (Lipinski definition) is 0. The Labute approximate surface area is 164 Å². The van der Waals surface area contributed by atoms with Crippen molar-refractivity contribution in [2.75, 3.05) is 19.6 Å². The van der Waals surface area contributed by atoms with Crippen LogP contribution in [0.3, 0.4) is 0 Å². The number of rotatable bonds is 5. The number of nitrogens with zero attached hydrogens (tertiary/aromatic N) is 6. The quantitative estimate of drug-likeness (QED) is 0.669. The molecule has 0 bridgehead atoms. The van der Waals surface area contributed by atoms with Crippen LogP contribution in [0.15, 0.2) is 9.59 Å². The minimum Gasteiger partial charge on any atom is -0.314 e. The molecule has 0 amide bonds. The van der Waals surface area contributed by atoms with Crippen molar-refractivity contribution < 1.29 is 0 Å². The highest BCUT2D eigenvalue weighted by molar-refractivity contribution is 5.76. The fourth-order valence-corrected chi connectivity index (χ4v) is 4.43. The average Bonchev–Trinajstić information content (AvgIpc) is 3.19. The van der Waals surface area contributed by atoms with Gasteiger partial charge in [0, 0.05) is 38.1 Å². The summed E-state index contributed by atoms with van der Waals surface area (Å²) in [5.41, 5.74) is 2.56. The van der Waals surface area contributed by atoms with Gasteiger partial charge in [-0.2, -0.15) is 4.98 Å². The Morgan fingerprint density at radius 3 is 2.32 bits per heavy atom. The number of aryl methyl sites for hydroxylation is 3. The lowest BCUT2D eigenvalue weighted by atomic mass is 10.1. The molecule has 0 aromatic carbocycles. The van der Waals surface area contributed by atoms with Crippen LogP contribution in [-0.4, -0.2) is 47.6 Å². The smallest absolute Gasteiger partial charge is 0.314 e. The van der Waals surface area contributed by atoms with Crippen LogP contribution in [0.1, 0.15) is 44.0 Å². The molecule has 1 aliphatic heterocycles. The van der Waals surface area contributed by atoms with E-state index in [0.29, 0.717) is 17.7 Å². The van der Waals surface area contributed by atoms with Gasteiger partial charge in [0.15, 0.2) is 11.2 Å². The Bertz CT molecular complexity index is 1140. The van der Waals surface area contributed by atoms with Gasteiger partial charge >= 0.3 is 5.69 Å². The maximum Gasteiger partial charge on any atom is 0.332 e. The van der Waals surface area contributed by atoms with Gasteiger partial charge in [0.2, 0.25) is 5.78 Å². The van der Waals surface area contributed by atoms with Gasteiger partial charge < -0.3 is 9.47 Å². The predicted molar refractivity (Wildman–Crippen MR) is 110 cm³/mol. The third-order valence-corrected chi connectivity index (χ3v) is 6.17. The fourth-order valence-electron chi connectivity index (χ4n) is 4.43. The van der Waals surface area contributed by atoms with Crippen LogP contribution in [-0.2, 0) is 20.1 Å². The number of likely N-dealkylation sites (tertiary alicyclic amines) is 1. The van der Waals surface area contributed by atoms with E-state index in [2.05, 4.69) is 23.3 Å². The van der Waals surface area contributed by atoms with Crippen LogP contribution in [0.2, 0.25) is 0 Å². The molecule has 0 saturated carbocycles. The van der Waals surface area contributed by atoms with Gasteiger partial charge in [0.25, 0.3) is 5.56 Å². The predicted octanol–water partition coefficient (Wildman–Crippen LogP) is 1.66. The summed E-state index contributed by atoms with van der Waals surface area (Å²) in [6, 6.07) is 0. The Hall–Kier alpha value is -2.35. The normalized spacial score (nSPS) is 15.9. The fraction of sp³-hybridized carbons (Fsp3) is 0.650. The Morgan fingerprint density at radius 1 is 0.929 bits per heavy atom. The van der Waals surface area contributed by atoms with Gasteiger partial charge in [-0.1, -0.05) is 13.3 Å². The minimum absolute atomic E-state index is 0.237. The molecule has 8 heteroatoms. The van der Waals surface area contributed by atoms with Crippen molar-refractivity contribution in [1.29, 1.82) is 0 Å². The number of aromatic nitrogens is 5. The van der Waals surface area contributed by atoms with Gasteiger partial charge in [0.1, 0.15) is 0 Å². The highest BCUT2D eigenvalue weighted by atomic mass is 16.2. The average molecular weight is 387 g/mol. The summed E-state index contributed by atoms with van der Waals surface area (Å²) < 4.78 is 6.97. The largest absolute Gasteiger partial charge is 0.332 e. The Kier molecular flexibility index (Phi) is 4.91. The minimum atomic E-state index is -0.285. The molecule has 28 heavy (non-hydrogen) atoms. The first kappa shape index (κ1) is 19.0. The first-order valence-corrected chi connectivity index (χ1v) is 10.4. The van der Waals surface area contributed by atoms with E-state index in [4.69, 9.17) is 4.98 Å². The molecule has 1 saturated heterocycles. The molecule has 0 radical (unpaired) electrons. The number of imidazole rings is 2. The second-order valence-electron chi connectivity index (χ2n) is 7.94. The van der Waals surface area contributed by atoms with Gasteiger partial charge in [-0.25, -0.2) is 4.79 Å². The van der Waals surface area contributed by atoms with Gasteiger partial charge in [-0.05, 0) is 46.2 Å². The van der Waals surface area contributed by atoms with Crippen molar-refractivity contribution in [2.45, 2.75) is 59.5 Å². The van der Waals surface area contributed by atoms with E-state index < -0.39 is 0 Å². The summed E-state index contributed by atoms with van der Waals surface area (Å²) in [6.07, 6.45) is 4.63. The first-order chi connectivity index (χ1) is 13.5. The van der Waals surface area contributed by atoms with Crippen LogP contribution in [0.5, 0.6) is 0 Å². The molecule has 1 aliphatic rings. The van der Waals surface area contributed by atoms with E-state index in [1.54, 1.807) is 7.05 Å². The third-order valence-electron chi connectivity index (χ3n) is 6.17. The molecule has 8 nitrogen and oxygen atoms in total. The lowest BCUT2D eigenvalue weighted by Crippen LogP contribution is -2.43. The van der Waals surface area contributed by atoms with E-state index in [0.717, 1.165) is 49.8 Å².